The number of fused-ring (bicyclic) bond motifs is 3. The van der Waals surface area contributed by atoms with Gasteiger partial charge in [-0.25, -0.2) is 0 Å². The third-order valence-electron chi connectivity index (χ3n) is 7.43. The van der Waals surface area contributed by atoms with Crippen LogP contribution in [-0.4, -0.2) is 4.98 Å². The van der Waals surface area contributed by atoms with Gasteiger partial charge in [0.2, 0.25) is 0 Å². The summed E-state index contributed by atoms with van der Waals surface area (Å²) in [6.45, 7) is 13.6. The molecule has 6 rings (SSSR count). The van der Waals surface area contributed by atoms with E-state index in [-0.39, 0.29) is 5.41 Å². The fourth-order valence-corrected chi connectivity index (χ4v) is 5.60. The molecule has 1 aliphatic rings. The normalized spacial score (nSPS) is 14.8. The van der Waals surface area contributed by atoms with Crippen molar-refractivity contribution in [2.24, 2.45) is 0 Å². The molecule has 160 valence electrons. The van der Waals surface area contributed by atoms with Gasteiger partial charge in [-0.1, -0.05) is 77.9 Å². The van der Waals surface area contributed by atoms with Crippen LogP contribution in [0, 0.1) is 0 Å². The van der Waals surface area contributed by atoms with Crippen LogP contribution < -0.4 is 0 Å². The second-order valence-corrected chi connectivity index (χ2v) is 10.5. The molecule has 0 unspecified atom stereocenters. The molecule has 0 saturated carbocycles. The van der Waals surface area contributed by atoms with E-state index in [0.717, 1.165) is 16.9 Å². The van der Waals surface area contributed by atoms with Crippen molar-refractivity contribution in [3.8, 4) is 11.3 Å². The van der Waals surface area contributed by atoms with E-state index in [9.17, 15) is 0 Å². The summed E-state index contributed by atoms with van der Waals surface area (Å²) >= 11 is 0. The summed E-state index contributed by atoms with van der Waals surface area (Å²) in [6, 6.07) is 18.0. The van der Waals surface area contributed by atoms with Gasteiger partial charge in [-0.05, 0) is 51.4 Å². The van der Waals surface area contributed by atoms with E-state index in [1.807, 2.05) is 6.20 Å². The van der Waals surface area contributed by atoms with Crippen molar-refractivity contribution in [1.82, 2.24) is 4.98 Å². The van der Waals surface area contributed by atoms with E-state index in [1.54, 1.807) is 0 Å². The molecule has 5 aromatic rings. The Kier molecular flexibility index (Phi) is 3.94. The van der Waals surface area contributed by atoms with Crippen LogP contribution in [0.2, 0.25) is 0 Å². The molecular formula is C30H29NO. The number of benzene rings is 3. The van der Waals surface area contributed by atoms with Crippen molar-refractivity contribution in [1.29, 1.82) is 0 Å². The highest BCUT2D eigenvalue weighted by atomic mass is 16.3. The summed E-state index contributed by atoms with van der Waals surface area (Å²) in [4.78, 5) is 5.10. The molecule has 2 heteroatoms. The topological polar surface area (TPSA) is 26.0 Å². The lowest BCUT2D eigenvalue weighted by Crippen LogP contribution is -2.20. The molecule has 1 aliphatic carbocycles. The molecule has 0 aliphatic heterocycles. The lowest BCUT2D eigenvalue weighted by Gasteiger charge is -2.28. The van der Waals surface area contributed by atoms with Crippen molar-refractivity contribution in [2.45, 2.75) is 58.8 Å². The maximum Gasteiger partial charge on any atom is 0.142 e. The van der Waals surface area contributed by atoms with E-state index in [0.29, 0.717) is 11.8 Å². The van der Waals surface area contributed by atoms with Gasteiger partial charge < -0.3 is 4.42 Å². The number of hydrogen-bond donors (Lipinski definition) is 0. The summed E-state index contributed by atoms with van der Waals surface area (Å²) in [5.41, 5.74) is 9.25. The molecule has 2 aromatic heterocycles. The molecule has 0 spiro atoms. The molecule has 3 aromatic carbocycles. The fraction of sp³-hybridized carbons (Fsp3) is 0.300. The Morgan fingerprint density at radius 3 is 2.09 bits per heavy atom. The zero-order valence-electron chi connectivity index (χ0n) is 19.7. The van der Waals surface area contributed by atoms with Gasteiger partial charge in [0.25, 0.3) is 0 Å². The highest BCUT2D eigenvalue weighted by molar-refractivity contribution is 6.16. The van der Waals surface area contributed by atoms with E-state index in [1.165, 1.54) is 49.4 Å². The van der Waals surface area contributed by atoms with E-state index in [2.05, 4.69) is 90.1 Å². The number of hydrogen-bond acceptors (Lipinski definition) is 2. The van der Waals surface area contributed by atoms with Gasteiger partial charge in [0.05, 0.1) is 11.1 Å². The summed E-state index contributed by atoms with van der Waals surface area (Å²) in [6.07, 6.45) is 2.04. The second kappa shape index (κ2) is 6.45. The molecule has 2 heterocycles. The molecule has 0 saturated heterocycles. The van der Waals surface area contributed by atoms with Gasteiger partial charge in [0, 0.05) is 28.1 Å². The number of aromatic nitrogens is 1. The van der Waals surface area contributed by atoms with Crippen molar-refractivity contribution >= 4 is 32.7 Å². The number of nitrogens with zero attached hydrogens (tertiary/aromatic N) is 1. The maximum absolute atomic E-state index is 6.75. The molecule has 2 nitrogen and oxygen atoms in total. The van der Waals surface area contributed by atoms with Crippen LogP contribution >= 0.6 is 0 Å². The van der Waals surface area contributed by atoms with Crippen LogP contribution in [0.25, 0.3) is 44.0 Å². The van der Waals surface area contributed by atoms with Crippen LogP contribution in [-0.2, 0) is 5.41 Å². The predicted octanol–water partition coefficient (Wildman–Crippen LogP) is 8.69. The average molecular weight is 420 g/mol. The highest BCUT2D eigenvalue weighted by Crippen LogP contribution is 2.52. The first-order valence-electron chi connectivity index (χ1n) is 11.7. The van der Waals surface area contributed by atoms with E-state index < -0.39 is 0 Å². The Balaban J connectivity index is 1.89. The molecule has 0 N–H and O–H groups in total. The van der Waals surface area contributed by atoms with Crippen molar-refractivity contribution in [3.63, 3.8) is 0 Å². The first-order valence-corrected chi connectivity index (χ1v) is 11.7. The Labute approximate surface area is 189 Å². The zero-order chi connectivity index (χ0) is 22.4. The van der Waals surface area contributed by atoms with Crippen molar-refractivity contribution < 1.29 is 4.42 Å². The number of furan rings is 1. The quantitative estimate of drug-likeness (QED) is 0.286. The lowest BCUT2D eigenvalue weighted by atomic mass is 9.75. The minimum absolute atomic E-state index is 0.178. The first-order chi connectivity index (χ1) is 15.3. The smallest absolute Gasteiger partial charge is 0.142 e. The Morgan fingerprint density at radius 1 is 0.750 bits per heavy atom. The summed E-state index contributed by atoms with van der Waals surface area (Å²) in [5.74, 6) is 0.732. The molecular weight excluding hydrogens is 390 g/mol. The molecule has 0 amide bonds. The second-order valence-electron chi connectivity index (χ2n) is 10.5. The standard InChI is InChI=1S/C30H29NO/c1-16(2)20-11-12-23-25-26-27(31-15-22(17(3)4)29(26)32-28(20)25)21-13-18-9-7-8-10-19(18)14-24(21)30(23,5)6/h7-17H,1-6H3. The third kappa shape index (κ3) is 2.44. The summed E-state index contributed by atoms with van der Waals surface area (Å²) in [7, 11) is 0. The van der Waals surface area contributed by atoms with Crippen LogP contribution in [0.4, 0.5) is 0 Å². The van der Waals surface area contributed by atoms with Crippen LogP contribution in [0.1, 0.15) is 75.6 Å². The molecule has 0 fully saturated rings. The molecule has 0 bridgehead atoms. The Hall–Kier alpha value is -3.13. The van der Waals surface area contributed by atoms with Gasteiger partial charge in [0.1, 0.15) is 11.2 Å². The molecule has 0 radical (unpaired) electrons. The fourth-order valence-electron chi connectivity index (χ4n) is 5.60. The number of pyridine rings is 1. The van der Waals surface area contributed by atoms with Crippen molar-refractivity contribution in [3.05, 3.63) is 77.0 Å². The van der Waals surface area contributed by atoms with E-state index in [4.69, 9.17) is 9.40 Å². The number of rotatable bonds is 2. The van der Waals surface area contributed by atoms with Crippen LogP contribution in [0.3, 0.4) is 0 Å². The van der Waals surface area contributed by atoms with Crippen LogP contribution in [0.5, 0.6) is 0 Å². The maximum atomic E-state index is 6.75. The Morgan fingerprint density at radius 2 is 1.41 bits per heavy atom. The SMILES string of the molecule is CC(C)c1ccc2c3c1oc1c(C(C)C)cnc(c13)-c1cc3ccccc3cc1C2(C)C. The monoisotopic (exact) mass is 419 g/mol. The lowest BCUT2D eigenvalue weighted by molar-refractivity contribution is 0.633. The zero-order valence-corrected chi connectivity index (χ0v) is 19.7. The van der Waals surface area contributed by atoms with Gasteiger partial charge in [-0.3, -0.25) is 4.98 Å². The third-order valence-corrected chi connectivity index (χ3v) is 7.43. The van der Waals surface area contributed by atoms with Gasteiger partial charge in [-0.15, -0.1) is 0 Å². The first kappa shape index (κ1) is 19.5. The van der Waals surface area contributed by atoms with Gasteiger partial charge >= 0.3 is 0 Å². The summed E-state index contributed by atoms with van der Waals surface area (Å²) < 4.78 is 6.75. The van der Waals surface area contributed by atoms with Gasteiger partial charge in [-0.2, -0.15) is 0 Å². The highest BCUT2D eigenvalue weighted by Gasteiger charge is 2.36. The minimum Gasteiger partial charge on any atom is -0.455 e. The van der Waals surface area contributed by atoms with Crippen molar-refractivity contribution in [2.75, 3.05) is 0 Å². The molecule has 32 heavy (non-hydrogen) atoms. The minimum atomic E-state index is -0.178. The van der Waals surface area contributed by atoms with Crippen LogP contribution in [0.15, 0.2) is 59.1 Å². The molecule has 0 atom stereocenters. The Bertz CT molecular complexity index is 1550. The summed E-state index contributed by atoms with van der Waals surface area (Å²) in [5, 5.41) is 4.96. The average Bonchev–Trinajstić information content (AvgIpc) is 3.13. The van der Waals surface area contributed by atoms with Gasteiger partial charge in [0.15, 0.2) is 0 Å². The van der Waals surface area contributed by atoms with E-state index >= 15 is 0 Å². The largest absolute Gasteiger partial charge is 0.455 e. The predicted molar refractivity (Wildman–Crippen MR) is 135 cm³/mol.